The van der Waals surface area contributed by atoms with Gasteiger partial charge in [-0.3, -0.25) is 19.8 Å². The fourth-order valence-electron chi connectivity index (χ4n) is 7.00. The molecule has 0 bridgehead atoms. The lowest BCUT2D eigenvalue weighted by atomic mass is 9.47. The number of nitrogens with one attached hydrogen (secondary N) is 2. The zero-order valence-corrected chi connectivity index (χ0v) is 20.0. The van der Waals surface area contributed by atoms with Gasteiger partial charge in [-0.05, 0) is 80.6 Å². The Kier molecular flexibility index (Phi) is 7.66. The van der Waals surface area contributed by atoms with Gasteiger partial charge in [0.15, 0.2) is 11.7 Å². The Bertz CT molecular complexity index is 840. The maximum Gasteiger partial charge on any atom is 0.320 e. The predicted molar refractivity (Wildman–Crippen MR) is 126 cm³/mol. The molecule has 0 saturated heterocycles. The molecule has 4 aliphatic carbocycles. The van der Waals surface area contributed by atoms with Gasteiger partial charge in [-0.15, -0.1) is 0 Å². The second kappa shape index (κ2) is 9.95. The summed E-state index contributed by atoms with van der Waals surface area (Å²) in [5.41, 5.74) is 11.9. The van der Waals surface area contributed by atoms with E-state index in [4.69, 9.17) is 22.0 Å². The average molecular weight is 461 g/mol. The van der Waals surface area contributed by atoms with Crippen molar-refractivity contribution in [2.45, 2.75) is 84.1 Å². The van der Waals surface area contributed by atoms with Gasteiger partial charge in [0.25, 0.3) is 0 Å². The van der Waals surface area contributed by atoms with E-state index >= 15 is 0 Å². The minimum Gasteiger partial charge on any atom is -0.480 e. The number of carbonyl (C=O) groups is 3. The van der Waals surface area contributed by atoms with Gasteiger partial charge in [0.1, 0.15) is 11.8 Å². The zero-order chi connectivity index (χ0) is 24.4. The molecule has 3 fully saturated rings. The van der Waals surface area contributed by atoms with Crippen molar-refractivity contribution in [3.8, 4) is 0 Å². The Labute approximate surface area is 196 Å². The number of nitrogens with two attached hydrogens (primary N) is 2. The molecule has 0 spiro atoms. The lowest BCUT2D eigenvalue weighted by Gasteiger charge is -2.56. The lowest BCUT2D eigenvalue weighted by molar-refractivity contribution is -0.138. The molecule has 0 unspecified atom stereocenters. The number of carboxylic acid groups (broad SMARTS) is 1. The summed E-state index contributed by atoms with van der Waals surface area (Å²) in [6, 6.07) is -0.821. The number of fused-ring (bicyclic) bond motifs is 5. The van der Waals surface area contributed by atoms with Gasteiger partial charge in [0.2, 0.25) is 0 Å². The summed E-state index contributed by atoms with van der Waals surface area (Å²) in [6.07, 6.45) is 11.2. The fourth-order valence-corrected chi connectivity index (χ4v) is 7.00. The standard InChI is InChI=1S/C19H26O2.C6H14N4O2/c1-18-9-7-13(20)11-12(18)3-4-14-15-5-6-17(21)19(15,2)10-8-16(14)18;7-4(5(11)12)2-1-3-10-6(8)9/h11,14-16H,3-10H2,1-2H3;4H,1-3,7H2,(H,11,12)(H4,8,9,10)/t14-,15-,16-,18-,19-;4-/m00/s1. The first-order valence-electron chi connectivity index (χ1n) is 12.3. The molecule has 0 heterocycles. The van der Waals surface area contributed by atoms with E-state index in [2.05, 4.69) is 19.2 Å². The highest BCUT2D eigenvalue weighted by atomic mass is 16.4. The fraction of sp³-hybridized carbons (Fsp3) is 0.760. The quantitative estimate of drug-likeness (QED) is 0.239. The highest BCUT2D eigenvalue weighted by Gasteiger charge is 2.58. The van der Waals surface area contributed by atoms with Gasteiger partial charge >= 0.3 is 5.97 Å². The van der Waals surface area contributed by atoms with Gasteiger partial charge in [0.05, 0.1) is 0 Å². The third-order valence-corrected chi connectivity index (χ3v) is 9.00. The largest absolute Gasteiger partial charge is 0.480 e. The minimum atomic E-state index is -1.00. The number of rotatable bonds is 5. The zero-order valence-electron chi connectivity index (χ0n) is 20.0. The molecule has 0 amide bonds. The van der Waals surface area contributed by atoms with Crippen LogP contribution in [0.5, 0.6) is 0 Å². The van der Waals surface area contributed by atoms with Crippen LogP contribution in [0.1, 0.15) is 78.1 Å². The summed E-state index contributed by atoms with van der Waals surface area (Å²) in [5.74, 6) is 1.77. The van der Waals surface area contributed by atoms with Crippen molar-refractivity contribution in [1.82, 2.24) is 5.32 Å². The second-order valence-corrected chi connectivity index (χ2v) is 10.8. The number of Topliss-reactive ketones (excluding diaryl/α,β-unsaturated/α-hetero) is 1. The maximum atomic E-state index is 12.4. The highest BCUT2D eigenvalue weighted by Crippen LogP contribution is 2.64. The smallest absolute Gasteiger partial charge is 0.320 e. The molecule has 0 aromatic rings. The summed E-state index contributed by atoms with van der Waals surface area (Å²) in [4.78, 5) is 34.3. The predicted octanol–water partition coefficient (Wildman–Crippen LogP) is 2.75. The van der Waals surface area contributed by atoms with E-state index in [1.54, 1.807) is 0 Å². The van der Waals surface area contributed by atoms with Crippen LogP contribution in [0.3, 0.4) is 0 Å². The average Bonchev–Trinajstić information content (AvgIpc) is 3.06. The van der Waals surface area contributed by atoms with E-state index in [1.165, 1.54) is 18.4 Å². The monoisotopic (exact) mass is 460 g/mol. The van der Waals surface area contributed by atoms with Crippen molar-refractivity contribution in [2.24, 2.45) is 40.1 Å². The van der Waals surface area contributed by atoms with E-state index < -0.39 is 12.0 Å². The molecule has 0 aliphatic heterocycles. The van der Waals surface area contributed by atoms with Gasteiger partial charge in [0, 0.05) is 24.8 Å². The normalized spacial score (nSPS) is 35.7. The van der Waals surface area contributed by atoms with Crippen molar-refractivity contribution in [3.63, 3.8) is 0 Å². The molecule has 8 nitrogen and oxygen atoms in total. The first-order valence-corrected chi connectivity index (χ1v) is 12.3. The van der Waals surface area contributed by atoms with E-state index in [9.17, 15) is 14.4 Å². The molecule has 0 aromatic heterocycles. The Morgan fingerprint density at radius 3 is 2.52 bits per heavy atom. The summed E-state index contributed by atoms with van der Waals surface area (Å²) in [7, 11) is 0. The number of aliphatic carboxylic acids is 1. The number of guanidine groups is 1. The molecule has 0 radical (unpaired) electrons. The molecule has 3 saturated carbocycles. The molecular weight excluding hydrogens is 420 g/mol. The van der Waals surface area contributed by atoms with Crippen molar-refractivity contribution in [2.75, 3.05) is 6.54 Å². The van der Waals surface area contributed by atoms with E-state index in [0.717, 1.165) is 38.5 Å². The summed E-state index contributed by atoms with van der Waals surface area (Å²) in [5, 5.41) is 17.7. The molecular formula is C25H40N4O4. The van der Waals surface area contributed by atoms with Crippen LogP contribution in [-0.2, 0) is 14.4 Å². The summed E-state index contributed by atoms with van der Waals surface area (Å²) >= 11 is 0. The summed E-state index contributed by atoms with van der Waals surface area (Å²) < 4.78 is 0. The van der Waals surface area contributed by atoms with E-state index in [1.807, 2.05) is 6.08 Å². The van der Waals surface area contributed by atoms with Gasteiger partial charge in [-0.1, -0.05) is 19.4 Å². The first-order chi connectivity index (χ1) is 15.5. The van der Waals surface area contributed by atoms with Crippen LogP contribution < -0.4 is 16.8 Å². The number of ketones is 2. The maximum absolute atomic E-state index is 12.4. The Hall–Kier alpha value is -2.22. The molecule has 7 N–H and O–H groups in total. The van der Waals surface area contributed by atoms with Crippen LogP contribution >= 0.6 is 0 Å². The highest BCUT2D eigenvalue weighted by molar-refractivity contribution is 5.91. The van der Waals surface area contributed by atoms with Gasteiger partial charge < -0.3 is 21.9 Å². The molecule has 184 valence electrons. The van der Waals surface area contributed by atoms with Crippen LogP contribution in [0.4, 0.5) is 0 Å². The minimum absolute atomic E-state index is 0.0246. The molecule has 4 aliphatic rings. The van der Waals surface area contributed by atoms with Crippen LogP contribution in [0.15, 0.2) is 11.6 Å². The molecule has 6 atom stereocenters. The van der Waals surface area contributed by atoms with Crippen LogP contribution in [0.25, 0.3) is 0 Å². The lowest BCUT2D eigenvalue weighted by Crippen LogP contribution is -2.50. The number of carbonyl (C=O) groups excluding carboxylic acids is 2. The Morgan fingerprint density at radius 1 is 1.15 bits per heavy atom. The van der Waals surface area contributed by atoms with Crippen molar-refractivity contribution < 1.29 is 19.5 Å². The van der Waals surface area contributed by atoms with E-state index in [0.29, 0.717) is 48.7 Å². The van der Waals surface area contributed by atoms with Crippen molar-refractivity contribution in [1.29, 1.82) is 5.41 Å². The van der Waals surface area contributed by atoms with Gasteiger partial charge in [-0.25, -0.2) is 0 Å². The van der Waals surface area contributed by atoms with Crippen LogP contribution in [-0.4, -0.2) is 41.2 Å². The topological polar surface area (TPSA) is 159 Å². The molecule has 33 heavy (non-hydrogen) atoms. The third-order valence-electron chi connectivity index (χ3n) is 9.00. The molecule has 0 aromatic carbocycles. The Balaban J connectivity index is 0.000000221. The van der Waals surface area contributed by atoms with Crippen LogP contribution in [0.2, 0.25) is 0 Å². The van der Waals surface area contributed by atoms with Crippen molar-refractivity contribution in [3.05, 3.63) is 11.6 Å². The SMILES string of the molecule is C[C@]12CCC(=O)C=C1CC[C@@H]1[C@@H]2CC[C@]2(C)C(=O)CC[C@@H]12.N=C(N)NCCC[C@H](N)C(=O)O. The molecule has 8 heteroatoms. The Morgan fingerprint density at radius 2 is 1.85 bits per heavy atom. The van der Waals surface area contributed by atoms with Crippen molar-refractivity contribution >= 4 is 23.5 Å². The summed E-state index contributed by atoms with van der Waals surface area (Å²) in [6.45, 7) is 5.12. The van der Waals surface area contributed by atoms with Gasteiger partial charge in [-0.2, -0.15) is 0 Å². The van der Waals surface area contributed by atoms with E-state index in [-0.39, 0.29) is 16.8 Å². The number of hydrogen-bond acceptors (Lipinski definition) is 5. The first kappa shape index (κ1) is 25.4. The number of carboxylic acids is 1. The second-order valence-electron chi connectivity index (χ2n) is 10.8. The van der Waals surface area contributed by atoms with Crippen LogP contribution in [0, 0.1) is 34.0 Å². The number of allylic oxidation sites excluding steroid dienone is 1. The number of hydrogen-bond donors (Lipinski definition) is 5. The molecule has 4 rings (SSSR count). The third kappa shape index (κ3) is 5.15.